The Labute approximate surface area is 189 Å². The highest BCUT2D eigenvalue weighted by molar-refractivity contribution is 7.89. The first-order valence-electron chi connectivity index (χ1n) is 10.7. The molecule has 1 aromatic heterocycles. The van der Waals surface area contributed by atoms with Gasteiger partial charge in [0.25, 0.3) is 0 Å². The van der Waals surface area contributed by atoms with Crippen molar-refractivity contribution in [2.45, 2.75) is 30.4 Å². The topological polar surface area (TPSA) is 120 Å². The average molecular weight is 474 g/mol. The van der Waals surface area contributed by atoms with E-state index in [9.17, 15) is 18.0 Å². The van der Waals surface area contributed by atoms with Crippen molar-refractivity contribution < 1.29 is 27.1 Å². The lowest BCUT2D eigenvalue weighted by Crippen LogP contribution is -2.42. The zero-order valence-electron chi connectivity index (χ0n) is 17.7. The first kappa shape index (κ1) is 21.5. The molecule has 1 saturated heterocycles. The van der Waals surface area contributed by atoms with Crippen LogP contribution in [0.2, 0.25) is 0 Å². The van der Waals surface area contributed by atoms with E-state index in [4.69, 9.17) is 13.9 Å². The summed E-state index contributed by atoms with van der Waals surface area (Å²) in [7, 11) is -3.64. The van der Waals surface area contributed by atoms with Crippen molar-refractivity contribution in [2.75, 3.05) is 26.2 Å². The van der Waals surface area contributed by atoms with Crippen LogP contribution >= 0.6 is 0 Å². The highest BCUT2D eigenvalue weighted by atomic mass is 32.2. The summed E-state index contributed by atoms with van der Waals surface area (Å²) in [4.78, 5) is 24.9. The molecule has 1 atom stereocenters. The fraction of sp³-hybridized carbons (Fsp3) is 0.364. The third-order valence-electron chi connectivity index (χ3n) is 5.74. The Hall–Kier alpha value is -3.31. The van der Waals surface area contributed by atoms with E-state index in [1.807, 2.05) is 18.2 Å². The van der Waals surface area contributed by atoms with E-state index in [0.717, 1.165) is 12.8 Å². The number of ether oxygens (including phenoxy) is 2. The number of oxazole rings is 1. The van der Waals surface area contributed by atoms with E-state index in [-0.39, 0.29) is 29.7 Å². The van der Waals surface area contributed by atoms with Crippen molar-refractivity contribution in [2.24, 2.45) is 0 Å². The summed E-state index contributed by atoms with van der Waals surface area (Å²) in [6.07, 6.45) is 1.29. The summed E-state index contributed by atoms with van der Waals surface area (Å²) >= 11 is 0. The monoisotopic (exact) mass is 473 g/mol. The normalized spacial score (nSPS) is 18.5. The van der Waals surface area contributed by atoms with Gasteiger partial charge in [-0.1, -0.05) is 12.1 Å². The van der Waals surface area contributed by atoms with Crippen LogP contribution in [0.25, 0.3) is 11.1 Å². The lowest BCUT2D eigenvalue weighted by Gasteiger charge is -2.26. The second kappa shape index (κ2) is 8.56. The molecule has 10 nitrogen and oxygen atoms in total. The third kappa shape index (κ3) is 4.21. The molecular weight excluding hydrogens is 450 g/mol. The van der Waals surface area contributed by atoms with E-state index in [2.05, 4.69) is 5.32 Å². The molecule has 0 saturated carbocycles. The smallest absolute Gasteiger partial charge is 0.420 e. The van der Waals surface area contributed by atoms with Gasteiger partial charge in [-0.05, 0) is 37.1 Å². The van der Waals surface area contributed by atoms with E-state index in [0.29, 0.717) is 36.7 Å². The molecule has 2 aliphatic heterocycles. The van der Waals surface area contributed by atoms with Crippen molar-refractivity contribution >= 4 is 27.0 Å². The Morgan fingerprint density at radius 2 is 1.85 bits per heavy atom. The summed E-state index contributed by atoms with van der Waals surface area (Å²) in [6, 6.07) is 11.5. The number of rotatable bonds is 6. The van der Waals surface area contributed by atoms with Crippen molar-refractivity contribution in [1.82, 2.24) is 14.2 Å². The standard InChI is InChI=1S/C22H23N3O7S/c26-21(23-12-15-14-30-18-5-1-2-6-19(18)31-15)13-25-17-8-7-16(11-20(17)32-22(25)27)33(28,29)24-9-3-4-10-24/h1-2,5-8,11,15H,3-4,9-10,12-14H2,(H,23,26). The number of nitrogens with one attached hydrogen (secondary N) is 1. The van der Waals surface area contributed by atoms with Gasteiger partial charge in [0.15, 0.2) is 17.1 Å². The number of hydrogen-bond acceptors (Lipinski definition) is 7. The molecular formula is C22H23N3O7S. The van der Waals surface area contributed by atoms with E-state index in [1.54, 1.807) is 6.07 Å². The number of fused-ring (bicyclic) bond motifs is 2. The molecule has 1 fully saturated rings. The summed E-state index contributed by atoms with van der Waals surface area (Å²) in [5, 5.41) is 2.74. The van der Waals surface area contributed by atoms with Gasteiger partial charge >= 0.3 is 5.76 Å². The molecule has 0 spiro atoms. The molecule has 1 N–H and O–H groups in total. The van der Waals surface area contributed by atoms with E-state index < -0.39 is 21.7 Å². The summed E-state index contributed by atoms with van der Waals surface area (Å²) in [6.45, 7) is 1.18. The van der Waals surface area contributed by atoms with Crippen molar-refractivity contribution in [3.63, 3.8) is 0 Å². The SMILES string of the molecule is O=C(Cn1c(=O)oc2cc(S(=O)(=O)N3CCCC3)ccc21)NCC1COc2ccccc2O1. The van der Waals surface area contributed by atoms with E-state index >= 15 is 0 Å². The molecule has 2 aliphatic rings. The fourth-order valence-electron chi connectivity index (χ4n) is 4.03. The Bertz CT molecular complexity index is 1360. The molecule has 0 aliphatic carbocycles. The molecule has 1 unspecified atom stereocenters. The molecule has 2 aromatic carbocycles. The average Bonchev–Trinajstić information content (AvgIpc) is 3.46. The van der Waals surface area contributed by atoms with Gasteiger partial charge in [0.1, 0.15) is 19.3 Å². The Morgan fingerprint density at radius 1 is 1.09 bits per heavy atom. The largest absolute Gasteiger partial charge is 0.486 e. The molecule has 174 valence electrons. The summed E-state index contributed by atoms with van der Waals surface area (Å²) in [5.74, 6) is 0.125. The first-order valence-corrected chi connectivity index (χ1v) is 12.1. The van der Waals surface area contributed by atoms with Gasteiger partial charge < -0.3 is 19.2 Å². The van der Waals surface area contributed by atoms with Crippen LogP contribution in [0.1, 0.15) is 12.8 Å². The van der Waals surface area contributed by atoms with Crippen molar-refractivity contribution in [3.8, 4) is 11.5 Å². The number of sulfonamides is 1. The van der Waals surface area contributed by atoms with E-state index in [1.165, 1.54) is 27.1 Å². The molecule has 0 bridgehead atoms. The highest BCUT2D eigenvalue weighted by Crippen LogP contribution is 2.30. The summed E-state index contributed by atoms with van der Waals surface area (Å²) < 4.78 is 44.8. The number of amides is 1. The quantitative estimate of drug-likeness (QED) is 0.574. The van der Waals surface area contributed by atoms with Gasteiger partial charge in [-0.15, -0.1) is 0 Å². The number of aromatic nitrogens is 1. The number of para-hydroxylation sites is 2. The number of hydrogen-bond donors (Lipinski definition) is 1. The fourth-order valence-corrected chi connectivity index (χ4v) is 5.56. The number of nitrogens with zero attached hydrogens (tertiary/aromatic N) is 2. The first-order chi connectivity index (χ1) is 15.9. The maximum absolute atomic E-state index is 12.8. The van der Waals surface area contributed by atoms with Crippen LogP contribution in [-0.2, 0) is 21.4 Å². The van der Waals surface area contributed by atoms with Gasteiger partial charge in [-0.3, -0.25) is 9.36 Å². The van der Waals surface area contributed by atoms with Gasteiger partial charge in [-0.2, -0.15) is 4.31 Å². The van der Waals surface area contributed by atoms with Crippen molar-refractivity contribution in [1.29, 1.82) is 0 Å². The second-order valence-corrected chi connectivity index (χ2v) is 9.93. The number of benzene rings is 2. The maximum atomic E-state index is 12.8. The third-order valence-corrected chi connectivity index (χ3v) is 7.63. The van der Waals surface area contributed by atoms with Crippen LogP contribution in [0.5, 0.6) is 11.5 Å². The lowest BCUT2D eigenvalue weighted by molar-refractivity contribution is -0.122. The predicted molar refractivity (Wildman–Crippen MR) is 118 cm³/mol. The van der Waals surface area contributed by atoms with Crippen LogP contribution in [0.3, 0.4) is 0 Å². The molecule has 1 amide bonds. The van der Waals surface area contributed by atoms with Crippen LogP contribution in [0, 0.1) is 0 Å². The zero-order chi connectivity index (χ0) is 23.0. The second-order valence-electron chi connectivity index (χ2n) is 8.00. The zero-order valence-corrected chi connectivity index (χ0v) is 18.5. The molecule has 3 aromatic rings. The predicted octanol–water partition coefficient (Wildman–Crippen LogP) is 1.34. The van der Waals surface area contributed by atoms with Crippen LogP contribution in [-0.4, -0.2) is 55.5 Å². The van der Waals surface area contributed by atoms with Gasteiger partial charge in [0.2, 0.25) is 15.9 Å². The maximum Gasteiger partial charge on any atom is 0.420 e. The van der Waals surface area contributed by atoms with Gasteiger partial charge in [0.05, 0.1) is 17.0 Å². The number of carbonyl (C=O) groups is 1. The molecule has 33 heavy (non-hydrogen) atoms. The number of carbonyl (C=O) groups excluding carboxylic acids is 1. The molecule has 5 rings (SSSR count). The Morgan fingerprint density at radius 3 is 2.64 bits per heavy atom. The van der Waals surface area contributed by atoms with Crippen LogP contribution < -0.4 is 20.5 Å². The summed E-state index contributed by atoms with van der Waals surface area (Å²) in [5.41, 5.74) is 0.468. The molecule has 3 heterocycles. The van der Waals surface area contributed by atoms with Gasteiger partial charge in [0, 0.05) is 19.2 Å². The van der Waals surface area contributed by atoms with Gasteiger partial charge in [-0.25, -0.2) is 13.2 Å². The van der Waals surface area contributed by atoms with Crippen molar-refractivity contribution in [3.05, 3.63) is 53.0 Å². The molecule has 11 heteroatoms. The Balaban J connectivity index is 1.27. The van der Waals surface area contributed by atoms with Crippen LogP contribution in [0.4, 0.5) is 0 Å². The molecule has 0 radical (unpaired) electrons. The Kier molecular flexibility index (Phi) is 5.59. The highest BCUT2D eigenvalue weighted by Gasteiger charge is 2.28. The lowest BCUT2D eigenvalue weighted by atomic mass is 10.2. The minimum absolute atomic E-state index is 0.0666. The minimum Gasteiger partial charge on any atom is -0.486 e. The minimum atomic E-state index is -3.64. The van der Waals surface area contributed by atoms with Crippen LogP contribution in [0.15, 0.2) is 56.6 Å².